The summed E-state index contributed by atoms with van der Waals surface area (Å²) >= 11 is 0. The number of halogens is 3. The minimum atomic E-state index is -5.08. The summed E-state index contributed by atoms with van der Waals surface area (Å²) in [4.78, 5) is 20.1. The Balaban J connectivity index is 0.000000370. The maximum absolute atomic E-state index is 10.6. The number of aliphatic carboxylic acids is 1. The van der Waals surface area contributed by atoms with Crippen LogP contribution < -0.4 is 4.90 Å². The Hall–Kier alpha value is -3.43. The predicted molar refractivity (Wildman–Crippen MR) is 103 cm³/mol. The lowest BCUT2D eigenvalue weighted by molar-refractivity contribution is -0.192. The van der Waals surface area contributed by atoms with Gasteiger partial charge >= 0.3 is 12.1 Å². The van der Waals surface area contributed by atoms with Gasteiger partial charge in [-0.15, -0.1) is 0 Å². The first-order chi connectivity index (χ1) is 13.5. The van der Waals surface area contributed by atoms with Crippen molar-refractivity contribution in [2.75, 3.05) is 19.0 Å². The summed E-state index contributed by atoms with van der Waals surface area (Å²) in [5.74, 6) is -2.03. The first-order valence-corrected chi connectivity index (χ1v) is 8.43. The molecule has 2 aromatic heterocycles. The molecule has 0 atom stereocenters. The maximum atomic E-state index is 10.6. The molecular weight excluding hydrogens is 387 g/mol. The summed E-state index contributed by atoms with van der Waals surface area (Å²) in [6.07, 6.45) is -3.33. The zero-order valence-corrected chi connectivity index (χ0v) is 16.2. The summed E-state index contributed by atoms with van der Waals surface area (Å²) in [5.41, 5.74) is 6.25. The predicted octanol–water partition coefficient (Wildman–Crippen LogP) is 3.85. The normalized spacial score (nSPS) is 10.9. The second-order valence-electron chi connectivity index (χ2n) is 6.33. The zero-order chi connectivity index (χ0) is 21.8. The van der Waals surface area contributed by atoms with Crippen LogP contribution in [0.4, 0.5) is 19.1 Å². The Bertz CT molecular complexity index is 986. The van der Waals surface area contributed by atoms with Crippen molar-refractivity contribution in [1.82, 2.24) is 20.2 Å². The van der Waals surface area contributed by atoms with E-state index in [9.17, 15) is 13.2 Å². The van der Waals surface area contributed by atoms with E-state index in [2.05, 4.69) is 40.3 Å². The third-order valence-electron chi connectivity index (χ3n) is 3.97. The van der Waals surface area contributed by atoms with E-state index in [0.717, 1.165) is 39.7 Å². The van der Waals surface area contributed by atoms with Gasteiger partial charge in [-0.05, 0) is 31.5 Å². The Morgan fingerprint density at radius 1 is 1.10 bits per heavy atom. The van der Waals surface area contributed by atoms with Crippen molar-refractivity contribution in [3.05, 3.63) is 47.8 Å². The van der Waals surface area contributed by atoms with Crippen molar-refractivity contribution in [1.29, 1.82) is 0 Å². The van der Waals surface area contributed by atoms with Crippen molar-refractivity contribution in [3.8, 4) is 22.5 Å². The van der Waals surface area contributed by atoms with Gasteiger partial charge in [0.1, 0.15) is 0 Å². The van der Waals surface area contributed by atoms with Gasteiger partial charge in [0.15, 0.2) is 0 Å². The van der Waals surface area contributed by atoms with Crippen LogP contribution in [0.25, 0.3) is 22.5 Å². The first-order valence-electron chi connectivity index (χ1n) is 8.43. The summed E-state index contributed by atoms with van der Waals surface area (Å²) < 4.78 is 31.7. The molecule has 2 N–H and O–H groups in total. The molecule has 1 aromatic carbocycles. The lowest BCUT2D eigenvalue weighted by Gasteiger charge is -2.15. The molecule has 0 radical (unpaired) electrons. The molecule has 0 spiro atoms. The quantitative estimate of drug-likeness (QED) is 0.685. The number of carboxylic acids is 1. The number of carbonyl (C=O) groups is 1. The molecule has 0 aliphatic rings. The molecule has 29 heavy (non-hydrogen) atoms. The number of aryl methyl sites for hydroxylation is 1. The molecule has 3 aromatic rings. The number of aromatic amines is 1. The highest BCUT2D eigenvalue weighted by atomic mass is 19.4. The molecule has 0 aliphatic heterocycles. The fourth-order valence-electron chi connectivity index (χ4n) is 2.35. The van der Waals surface area contributed by atoms with Crippen LogP contribution >= 0.6 is 0 Å². The number of nitrogens with one attached hydrogen (secondary N) is 1. The van der Waals surface area contributed by atoms with E-state index in [4.69, 9.17) is 14.9 Å². The van der Waals surface area contributed by atoms with Gasteiger partial charge in [0.2, 0.25) is 5.95 Å². The van der Waals surface area contributed by atoms with Gasteiger partial charge in [0.05, 0.1) is 11.4 Å². The topological polar surface area (TPSA) is 95.0 Å². The molecule has 7 nitrogen and oxygen atoms in total. The summed E-state index contributed by atoms with van der Waals surface area (Å²) in [6, 6.07) is 10.3. The number of H-pyrrole nitrogens is 1. The number of hydrogen-bond acceptors (Lipinski definition) is 5. The van der Waals surface area contributed by atoms with Crippen LogP contribution in [0.2, 0.25) is 0 Å². The van der Waals surface area contributed by atoms with E-state index in [1.165, 1.54) is 0 Å². The highest BCUT2D eigenvalue weighted by molar-refractivity contribution is 5.73. The molecule has 154 valence electrons. The second-order valence-corrected chi connectivity index (χ2v) is 6.33. The standard InChI is InChI=1S/C17H19N5.C2HF3O2/c1-11-12(2)19-17(22(3)4)20-16(11)14-7-5-6-13(10-14)15-8-9-18-21-15;3-2(4,5)1(6)7/h5-10H,1-4H3,(H,18,21);(H,6,7). The van der Waals surface area contributed by atoms with Gasteiger partial charge in [0.25, 0.3) is 0 Å². The number of aromatic nitrogens is 4. The zero-order valence-electron chi connectivity index (χ0n) is 16.2. The van der Waals surface area contributed by atoms with Gasteiger partial charge in [-0.2, -0.15) is 18.3 Å². The molecule has 0 unspecified atom stereocenters. The van der Waals surface area contributed by atoms with Gasteiger partial charge in [-0.3, -0.25) is 5.10 Å². The Labute approximate surface area is 165 Å². The van der Waals surface area contributed by atoms with E-state index in [-0.39, 0.29) is 0 Å². The van der Waals surface area contributed by atoms with Gasteiger partial charge < -0.3 is 10.0 Å². The monoisotopic (exact) mass is 407 g/mol. The van der Waals surface area contributed by atoms with Crippen LogP contribution in [0, 0.1) is 13.8 Å². The molecule has 0 amide bonds. The largest absolute Gasteiger partial charge is 0.490 e. The van der Waals surface area contributed by atoms with Crippen LogP contribution in [-0.2, 0) is 4.79 Å². The molecule has 2 heterocycles. The number of nitrogens with zero attached hydrogens (tertiary/aromatic N) is 4. The minimum absolute atomic E-state index is 0.727. The van der Waals surface area contributed by atoms with Gasteiger partial charge in [-0.25, -0.2) is 14.8 Å². The second kappa shape index (κ2) is 8.72. The Morgan fingerprint density at radius 3 is 2.24 bits per heavy atom. The third-order valence-corrected chi connectivity index (χ3v) is 3.97. The van der Waals surface area contributed by atoms with Crippen LogP contribution in [0.5, 0.6) is 0 Å². The number of rotatable bonds is 3. The van der Waals surface area contributed by atoms with Crippen molar-refractivity contribution < 1.29 is 23.1 Å². The average Bonchev–Trinajstić information content (AvgIpc) is 3.18. The Kier molecular flexibility index (Phi) is 6.57. The van der Waals surface area contributed by atoms with E-state index in [1.54, 1.807) is 6.20 Å². The molecule has 0 aliphatic carbocycles. The van der Waals surface area contributed by atoms with Crippen molar-refractivity contribution in [2.24, 2.45) is 0 Å². The van der Waals surface area contributed by atoms with Gasteiger partial charge in [0, 0.05) is 37.1 Å². The van der Waals surface area contributed by atoms with Crippen LogP contribution in [0.1, 0.15) is 11.3 Å². The summed E-state index contributed by atoms with van der Waals surface area (Å²) in [5, 5.41) is 14.1. The molecule has 0 saturated carbocycles. The van der Waals surface area contributed by atoms with E-state index in [1.807, 2.05) is 38.1 Å². The summed E-state index contributed by atoms with van der Waals surface area (Å²) in [6.45, 7) is 4.08. The molecular formula is C19H20F3N5O2. The fourth-order valence-corrected chi connectivity index (χ4v) is 2.35. The molecule has 0 bridgehead atoms. The lowest BCUT2D eigenvalue weighted by Crippen LogP contribution is -2.21. The highest BCUT2D eigenvalue weighted by Crippen LogP contribution is 2.28. The van der Waals surface area contributed by atoms with Crippen molar-refractivity contribution >= 4 is 11.9 Å². The van der Waals surface area contributed by atoms with E-state index < -0.39 is 12.1 Å². The molecule has 3 rings (SSSR count). The number of carboxylic acid groups (broad SMARTS) is 1. The number of hydrogen-bond donors (Lipinski definition) is 2. The van der Waals surface area contributed by atoms with Gasteiger partial charge in [-0.1, -0.05) is 18.2 Å². The fraction of sp³-hybridized carbons (Fsp3) is 0.263. The number of alkyl halides is 3. The number of anilines is 1. The smallest absolute Gasteiger partial charge is 0.475 e. The van der Waals surface area contributed by atoms with Crippen molar-refractivity contribution in [2.45, 2.75) is 20.0 Å². The van der Waals surface area contributed by atoms with E-state index in [0.29, 0.717) is 0 Å². The number of benzene rings is 1. The maximum Gasteiger partial charge on any atom is 0.490 e. The van der Waals surface area contributed by atoms with Crippen molar-refractivity contribution in [3.63, 3.8) is 0 Å². The van der Waals surface area contributed by atoms with Crippen LogP contribution in [0.15, 0.2) is 36.5 Å². The van der Waals surface area contributed by atoms with E-state index >= 15 is 0 Å². The first kappa shape index (κ1) is 21.9. The summed E-state index contributed by atoms with van der Waals surface area (Å²) in [7, 11) is 3.91. The molecule has 0 fully saturated rings. The molecule has 10 heteroatoms. The van der Waals surface area contributed by atoms with Crippen LogP contribution in [0.3, 0.4) is 0 Å². The highest BCUT2D eigenvalue weighted by Gasteiger charge is 2.38. The third kappa shape index (κ3) is 5.53. The molecule has 0 saturated heterocycles. The minimum Gasteiger partial charge on any atom is -0.475 e. The lowest BCUT2D eigenvalue weighted by atomic mass is 10.0. The van der Waals surface area contributed by atoms with Crippen LogP contribution in [-0.4, -0.2) is 51.5 Å². The Morgan fingerprint density at radius 2 is 1.72 bits per heavy atom. The average molecular weight is 407 g/mol. The SMILES string of the molecule is Cc1nc(N(C)C)nc(-c2cccc(-c3ccn[nH]3)c2)c1C.O=C(O)C(F)(F)F.